The van der Waals surface area contributed by atoms with Gasteiger partial charge in [-0.15, -0.1) is 0 Å². The highest BCUT2D eigenvalue weighted by Crippen LogP contribution is 2.37. The molecule has 2 aromatic rings. The lowest BCUT2D eigenvalue weighted by molar-refractivity contribution is 0.203. The Bertz CT molecular complexity index is 520. The van der Waals surface area contributed by atoms with Crippen LogP contribution in [-0.2, 0) is 5.41 Å². The highest BCUT2D eigenvalue weighted by atomic mass is 16.5. The summed E-state index contributed by atoms with van der Waals surface area (Å²) in [5.41, 5.74) is 6.01. The van der Waals surface area contributed by atoms with Crippen LogP contribution in [0.1, 0.15) is 38.5 Å². The molecule has 5 heteroatoms. The lowest BCUT2D eigenvalue weighted by atomic mass is 9.72. The Morgan fingerprint density at radius 3 is 3.06 bits per heavy atom. The quantitative estimate of drug-likeness (QED) is 0.882. The van der Waals surface area contributed by atoms with Gasteiger partial charge in [0.15, 0.2) is 5.76 Å². The standard InChI is InChI=1S/C13H17N3O2/c1-13(7-3-2-6-10(13)14)12-15-11(16-18-12)9-5-4-8-17-9/h4-5,8,10H,2-3,6-7,14H2,1H3. The Morgan fingerprint density at radius 2 is 2.33 bits per heavy atom. The number of hydrogen-bond acceptors (Lipinski definition) is 5. The second kappa shape index (κ2) is 4.24. The minimum Gasteiger partial charge on any atom is -0.461 e. The van der Waals surface area contributed by atoms with Crippen molar-refractivity contribution in [2.45, 2.75) is 44.1 Å². The third-order valence-corrected chi connectivity index (χ3v) is 3.94. The summed E-state index contributed by atoms with van der Waals surface area (Å²) in [4.78, 5) is 4.45. The van der Waals surface area contributed by atoms with Gasteiger partial charge in [0.05, 0.1) is 11.7 Å². The summed E-state index contributed by atoms with van der Waals surface area (Å²) >= 11 is 0. The van der Waals surface area contributed by atoms with E-state index in [0.29, 0.717) is 17.5 Å². The molecule has 1 fully saturated rings. The van der Waals surface area contributed by atoms with Crippen LogP contribution in [0.2, 0.25) is 0 Å². The van der Waals surface area contributed by atoms with Gasteiger partial charge in [-0.3, -0.25) is 0 Å². The molecule has 0 radical (unpaired) electrons. The fourth-order valence-electron chi connectivity index (χ4n) is 2.59. The fourth-order valence-corrected chi connectivity index (χ4v) is 2.59. The number of furan rings is 1. The summed E-state index contributed by atoms with van der Waals surface area (Å²) in [6.07, 6.45) is 5.93. The van der Waals surface area contributed by atoms with Crippen molar-refractivity contribution < 1.29 is 8.94 Å². The second-order valence-corrected chi connectivity index (χ2v) is 5.17. The lowest BCUT2D eigenvalue weighted by Crippen LogP contribution is -2.45. The van der Waals surface area contributed by atoms with Gasteiger partial charge in [0, 0.05) is 6.04 Å². The monoisotopic (exact) mass is 247 g/mol. The molecule has 1 aliphatic rings. The van der Waals surface area contributed by atoms with Crippen molar-refractivity contribution >= 4 is 0 Å². The molecule has 0 saturated heterocycles. The zero-order valence-corrected chi connectivity index (χ0v) is 10.4. The summed E-state index contributed by atoms with van der Waals surface area (Å²) in [6.45, 7) is 2.11. The Balaban J connectivity index is 1.93. The van der Waals surface area contributed by atoms with Gasteiger partial charge >= 0.3 is 0 Å². The van der Waals surface area contributed by atoms with Crippen LogP contribution in [0.3, 0.4) is 0 Å². The van der Waals surface area contributed by atoms with E-state index in [9.17, 15) is 0 Å². The first-order chi connectivity index (χ1) is 8.70. The molecule has 2 unspecified atom stereocenters. The number of aromatic nitrogens is 2. The Morgan fingerprint density at radius 1 is 1.44 bits per heavy atom. The molecule has 2 N–H and O–H groups in total. The van der Waals surface area contributed by atoms with Crippen LogP contribution in [0, 0.1) is 0 Å². The van der Waals surface area contributed by atoms with Crippen LogP contribution in [0.15, 0.2) is 27.3 Å². The molecule has 0 spiro atoms. The van der Waals surface area contributed by atoms with E-state index in [1.165, 1.54) is 6.42 Å². The third kappa shape index (κ3) is 1.75. The molecule has 96 valence electrons. The van der Waals surface area contributed by atoms with Crippen LogP contribution < -0.4 is 5.73 Å². The topological polar surface area (TPSA) is 78.1 Å². The maximum atomic E-state index is 6.22. The summed E-state index contributed by atoms with van der Waals surface area (Å²) in [5, 5.41) is 3.98. The predicted molar refractivity (Wildman–Crippen MR) is 65.8 cm³/mol. The van der Waals surface area contributed by atoms with E-state index in [1.54, 1.807) is 12.3 Å². The average molecular weight is 247 g/mol. The molecule has 0 aliphatic heterocycles. The first-order valence-electron chi connectivity index (χ1n) is 6.34. The van der Waals surface area contributed by atoms with Gasteiger partial charge in [0.1, 0.15) is 0 Å². The Hall–Kier alpha value is -1.62. The van der Waals surface area contributed by atoms with E-state index in [-0.39, 0.29) is 11.5 Å². The molecule has 3 rings (SSSR count). The summed E-state index contributed by atoms with van der Waals surface area (Å²) in [5.74, 6) is 1.74. The van der Waals surface area contributed by atoms with Crippen LogP contribution in [0.5, 0.6) is 0 Å². The first kappa shape index (κ1) is 11.5. The minimum atomic E-state index is -0.212. The number of nitrogens with two attached hydrogens (primary N) is 1. The van der Waals surface area contributed by atoms with E-state index in [2.05, 4.69) is 17.1 Å². The molecule has 0 aromatic carbocycles. The van der Waals surface area contributed by atoms with Crippen molar-refractivity contribution in [3.8, 4) is 11.6 Å². The van der Waals surface area contributed by atoms with Crippen molar-refractivity contribution in [3.05, 3.63) is 24.3 Å². The van der Waals surface area contributed by atoms with Crippen LogP contribution in [0.4, 0.5) is 0 Å². The van der Waals surface area contributed by atoms with Gasteiger partial charge in [-0.25, -0.2) is 0 Å². The largest absolute Gasteiger partial charge is 0.461 e. The lowest BCUT2D eigenvalue weighted by Gasteiger charge is -2.35. The summed E-state index contributed by atoms with van der Waals surface area (Å²) in [6, 6.07) is 3.70. The van der Waals surface area contributed by atoms with Gasteiger partial charge in [-0.05, 0) is 31.9 Å². The van der Waals surface area contributed by atoms with Gasteiger partial charge < -0.3 is 14.7 Å². The van der Waals surface area contributed by atoms with E-state index < -0.39 is 0 Å². The third-order valence-electron chi connectivity index (χ3n) is 3.94. The maximum Gasteiger partial charge on any atom is 0.238 e. The van der Waals surface area contributed by atoms with Crippen LogP contribution in [-0.4, -0.2) is 16.2 Å². The molecule has 18 heavy (non-hydrogen) atoms. The van der Waals surface area contributed by atoms with Crippen molar-refractivity contribution in [2.75, 3.05) is 0 Å². The Labute approximate surface area is 105 Å². The SMILES string of the molecule is CC1(c2nc(-c3ccco3)no2)CCCCC1N. The zero-order valence-electron chi connectivity index (χ0n) is 10.4. The molecule has 2 heterocycles. The molecule has 1 aliphatic carbocycles. The minimum absolute atomic E-state index is 0.0798. The normalized spacial score (nSPS) is 28.4. The second-order valence-electron chi connectivity index (χ2n) is 5.17. The van der Waals surface area contributed by atoms with E-state index in [4.69, 9.17) is 14.7 Å². The molecule has 2 aromatic heterocycles. The predicted octanol–water partition coefficient (Wildman–Crippen LogP) is 2.49. The smallest absolute Gasteiger partial charge is 0.238 e. The molecule has 0 bridgehead atoms. The molecular weight excluding hydrogens is 230 g/mol. The first-order valence-corrected chi connectivity index (χ1v) is 6.34. The van der Waals surface area contributed by atoms with E-state index in [0.717, 1.165) is 19.3 Å². The molecule has 2 atom stereocenters. The number of nitrogens with zero attached hydrogens (tertiary/aromatic N) is 2. The maximum absolute atomic E-state index is 6.22. The van der Waals surface area contributed by atoms with Crippen molar-refractivity contribution in [1.82, 2.24) is 10.1 Å². The fraction of sp³-hybridized carbons (Fsp3) is 0.538. The van der Waals surface area contributed by atoms with Crippen molar-refractivity contribution in [1.29, 1.82) is 0 Å². The highest BCUT2D eigenvalue weighted by Gasteiger charge is 2.40. The molecule has 0 amide bonds. The Kier molecular flexibility index (Phi) is 2.70. The van der Waals surface area contributed by atoms with E-state index >= 15 is 0 Å². The van der Waals surface area contributed by atoms with Crippen LogP contribution in [0.25, 0.3) is 11.6 Å². The molecule has 1 saturated carbocycles. The van der Waals surface area contributed by atoms with Crippen molar-refractivity contribution in [3.63, 3.8) is 0 Å². The number of hydrogen-bond donors (Lipinski definition) is 1. The zero-order chi connectivity index (χ0) is 12.6. The van der Waals surface area contributed by atoms with Gasteiger partial charge in [0.25, 0.3) is 0 Å². The molecular formula is C13H17N3O2. The highest BCUT2D eigenvalue weighted by molar-refractivity contribution is 5.45. The van der Waals surface area contributed by atoms with Gasteiger partial charge in [-0.1, -0.05) is 18.0 Å². The number of rotatable bonds is 2. The summed E-state index contributed by atoms with van der Waals surface area (Å²) in [7, 11) is 0. The van der Waals surface area contributed by atoms with E-state index in [1.807, 2.05) is 6.07 Å². The summed E-state index contributed by atoms with van der Waals surface area (Å²) < 4.78 is 10.7. The molecule has 5 nitrogen and oxygen atoms in total. The van der Waals surface area contributed by atoms with Crippen LogP contribution >= 0.6 is 0 Å². The van der Waals surface area contributed by atoms with Gasteiger partial charge in [-0.2, -0.15) is 4.98 Å². The van der Waals surface area contributed by atoms with Gasteiger partial charge in [0.2, 0.25) is 11.7 Å². The van der Waals surface area contributed by atoms with Crippen molar-refractivity contribution in [2.24, 2.45) is 5.73 Å². The average Bonchev–Trinajstić information content (AvgIpc) is 3.01.